The Morgan fingerprint density at radius 2 is 1.45 bits per heavy atom. The minimum atomic E-state index is -1.03. The number of rotatable bonds is 9. The molecule has 1 atom stereocenters. The van der Waals surface area contributed by atoms with E-state index in [4.69, 9.17) is 9.47 Å². The van der Waals surface area contributed by atoms with Crippen LogP contribution >= 0.6 is 0 Å². The molecule has 2 rings (SSSR count). The summed E-state index contributed by atoms with van der Waals surface area (Å²) in [5.74, 6) is -1.25. The van der Waals surface area contributed by atoms with Gasteiger partial charge in [-0.05, 0) is 55.5 Å². The molecular formula is C23H26N2O6. The highest BCUT2D eigenvalue weighted by Crippen LogP contribution is 2.14. The Morgan fingerprint density at radius 1 is 0.871 bits per heavy atom. The van der Waals surface area contributed by atoms with Crippen molar-refractivity contribution in [3.8, 4) is 5.75 Å². The fourth-order valence-corrected chi connectivity index (χ4v) is 2.53. The number of ketones is 1. The average Bonchev–Trinajstić information content (AvgIpc) is 2.77. The van der Waals surface area contributed by atoms with Gasteiger partial charge in [-0.25, -0.2) is 0 Å². The molecule has 0 aliphatic rings. The summed E-state index contributed by atoms with van der Waals surface area (Å²) in [6.45, 7) is 4.65. The largest absolute Gasteiger partial charge is 0.497 e. The lowest BCUT2D eigenvalue weighted by Gasteiger charge is -2.13. The molecule has 0 aromatic heterocycles. The maximum atomic E-state index is 12.5. The molecule has 0 radical (unpaired) electrons. The number of nitrogens with one attached hydrogen (secondary N) is 2. The van der Waals surface area contributed by atoms with Crippen LogP contribution in [0.3, 0.4) is 0 Å². The summed E-state index contributed by atoms with van der Waals surface area (Å²) in [7, 11) is 1.52. The van der Waals surface area contributed by atoms with Gasteiger partial charge in [0.15, 0.2) is 6.10 Å². The first-order valence-corrected chi connectivity index (χ1v) is 9.78. The van der Waals surface area contributed by atoms with Gasteiger partial charge >= 0.3 is 5.97 Å². The molecule has 0 aliphatic heterocycles. The highest BCUT2D eigenvalue weighted by molar-refractivity contribution is 6.01. The Hall–Kier alpha value is -3.68. The van der Waals surface area contributed by atoms with Gasteiger partial charge in [0.1, 0.15) is 12.3 Å². The molecule has 31 heavy (non-hydrogen) atoms. The third-order valence-electron chi connectivity index (χ3n) is 4.38. The van der Waals surface area contributed by atoms with E-state index in [1.807, 2.05) is 0 Å². The monoisotopic (exact) mass is 426 g/mol. The summed E-state index contributed by atoms with van der Waals surface area (Å²) in [6, 6.07) is 12.7. The summed E-state index contributed by atoms with van der Waals surface area (Å²) in [4.78, 5) is 48.3. The van der Waals surface area contributed by atoms with Gasteiger partial charge in [0.25, 0.3) is 5.91 Å². The Bertz CT molecular complexity index is 936. The molecule has 2 N–H and O–H groups in total. The summed E-state index contributed by atoms with van der Waals surface area (Å²) >= 11 is 0. The maximum Gasteiger partial charge on any atom is 0.326 e. The van der Waals surface area contributed by atoms with Crippen molar-refractivity contribution in [1.82, 2.24) is 5.32 Å². The van der Waals surface area contributed by atoms with E-state index in [0.29, 0.717) is 22.6 Å². The van der Waals surface area contributed by atoms with Crippen LogP contribution < -0.4 is 15.4 Å². The molecule has 0 bridgehead atoms. The molecule has 1 unspecified atom stereocenters. The van der Waals surface area contributed by atoms with Crippen LogP contribution in [0.2, 0.25) is 0 Å². The van der Waals surface area contributed by atoms with E-state index in [1.165, 1.54) is 14.0 Å². The molecule has 0 spiro atoms. The van der Waals surface area contributed by atoms with Crippen molar-refractivity contribution in [1.29, 1.82) is 0 Å². The number of amides is 2. The van der Waals surface area contributed by atoms with E-state index in [9.17, 15) is 19.2 Å². The van der Waals surface area contributed by atoms with Gasteiger partial charge in [-0.3, -0.25) is 19.2 Å². The highest BCUT2D eigenvalue weighted by atomic mass is 16.5. The first kappa shape index (κ1) is 23.6. The first-order chi connectivity index (χ1) is 14.7. The molecular weight excluding hydrogens is 400 g/mol. The van der Waals surface area contributed by atoms with E-state index in [1.54, 1.807) is 62.4 Å². The number of methoxy groups -OCH3 is 1. The second kappa shape index (κ2) is 10.9. The minimum Gasteiger partial charge on any atom is -0.497 e. The fraction of sp³-hybridized carbons (Fsp3) is 0.304. The van der Waals surface area contributed by atoms with Gasteiger partial charge < -0.3 is 20.1 Å². The van der Waals surface area contributed by atoms with Crippen molar-refractivity contribution in [3.63, 3.8) is 0 Å². The van der Waals surface area contributed by atoms with Gasteiger partial charge in [0.05, 0.1) is 7.11 Å². The Balaban J connectivity index is 1.85. The van der Waals surface area contributed by atoms with E-state index < -0.39 is 23.8 Å². The first-order valence-electron chi connectivity index (χ1n) is 9.78. The molecule has 0 aliphatic carbocycles. The van der Waals surface area contributed by atoms with Crippen molar-refractivity contribution >= 4 is 29.3 Å². The van der Waals surface area contributed by atoms with Gasteiger partial charge in [0, 0.05) is 22.7 Å². The Labute approximate surface area is 180 Å². The number of carbonyl (C=O) groups excluding carboxylic acids is 4. The molecule has 8 heteroatoms. The maximum absolute atomic E-state index is 12.5. The van der Waals surface area contributed by atoms with Crippen LogP contribution in [0, 0.1) is 5.92 Å². The molecule has 164 valence electrons. The number of carbonyl (C=O) groups is 4. The van der Waals surface area contributed by atoms with Crippen molar-refractivity contribution in [2.24, 2.45) is 5.92 Å². The third kappa shape index (κ3) is 6.95. The minimum absolute atomic E-state index is 0.127. The molecule has 2 aromatic carbocycles. The highest BCUT2D eigenvalue weighted by Gasteiger charge is 2.20. The van der Waals surface area contributed by atoms with Gasteiger partial charge in [-0.15, -0.1) is 0 Å². The lowest BCUT2D eigenvalue weighted by molar-refractivity contribution is -0.145. The van der Waals surface area contributed by atoms with Gasteiger partial charge in [-0.1, -0.05) is 13.8 Å². The standard InChI is InChI=1S/C23H26N2O6/c1-14(2)22(28)25-18-9-5-16(6-10-18)21(27)15(3)31-20(26)13-24-23(29)17-7-11-19(30-4)12-8-17/h5-12,14-15H,13H2,1-4H3,(H,24,29)(H,25,28). The van der Waals surface area contributed by atoms with Crippen LogP contribution in [0.1, 0.15) is 41.5 Å². The van der Waals surface area contributed by atoms with Crippen LogP contribution in [-0.4, -0.2) is 43.3 Å². The zero-order valence-corrected chi connectivity index (χ0v) is 17.9. The number of ether oxygens (including phenoxy) is 2. The number of esters is 1. The van der Waals surface area contributed by atoms with Gasteiger partial charge in [0.2, 0.25) is 11.7 Å². The van der Waals surface area contributed by atoms with Crippen molar-refractivity contribution < 1.29 is 28.7 Å². The van der Waals surface area contributed by atoms with Crippen molar-refractivity contribution in [3.05, 3.63) is 59.7 Å². The molecule has 8 nitrogen and oxygen atoms in total. The molecule has 0 saturated carbocycles. The Kier molecular flexibility index (Phi) is 8.31. The van der Waals surface area contributed by atoms with Crippen molar-refractivity contribution in [2.45, 2.75) is 26.9 Å². The normalized spacial score (nSPS) is 11.4. The average molecular weight is 426 g/mol. The second-order valence-electron chi connectivity index (χ2n) is 7.13. The van der Waals surface area contributed by atoms with E-state index in [0.717, 1.165) is 0 Å². The predicted molar refractivity (Wildman–Crippen MR) is 115 cm³/mol. The lowest BCUT2D eigenvalue weighted by Crippen LogP contribution is -2.34. The molecule has 0 fully saturated rings. The number of anilines is 1. The smallest absolute Gasteiger partial charge is 0.326 e. The zero-order chi connectivity index (χ0) is 23.0. The molecule has 2 aromatic rings. The molecule has 0 heterocycles. The number of hydrogen-bond acceptors (Lipinski definition) is 6. The van der Waals surface area contributed by atoms with E-state index >= 15 is 0 Å². The Morgan fingerprint density at radius 3 is 2.00 bits per heavy atom. The van der Waals surface area contributed by atoms with E-state index in [-0.39, 0.29) is 18.4 Å². The summed E-state index contributed by atoms with van der Waals surface area (Å²) < 4.78 is 10.1. The topological polar surface area (TPSA) is 111 Å². The summed E-state index contributed by atoms with van der Waals surface area (Å²) in [5, 5.41) is 5.18. The quantitative estimate of drug-likeness (QED) is 0.471. The predicted octanol–water partition coefficient (Wildman–Crippen LogP) is 2.83. The third-order valence-corrected chi connectivity index (χ3v) is 4.38. The van der Waals surface area contributed by atoms with Crippen LogP contribution in [0.5, 0.6) is 5.75 Å². The lowest BCUT2D eigenvalue weighted by atomic mass is 10.1. The van der Waals surface area contributed by atoms with Crippen LogP contribution in [0.15, 0.2) is 48.5 Å². The number of benzene rings is 2. The fourth-order valence-electron chi connectivity index (χ4n) is 2.53. The number of Topliss-reactive ketones (excluding diaryl/α,β-unsaturated/α-hetero) is 1. The zero-order valence-electron chi connectivity index (χ0n) is 17.9. The summed E-state index contributed by atoms with van der Waals surface area (Å²) in [5.41, 5.74) is 1.27. The van der Waals surface area contributed by atoms with Crippen LogP contribution in [-0.2, 0) is 14.3 Å². The number of hydrogen-bond donors (Lipinski definition) is 2. The summed E-state index contributed by atoms with van der Waals surface area (Å²) in [6.07, 6.45) is -1.03. The second-order valence-corrected chi connectivity index (χ2v) is 7.13. The van der Waals surface area contributed by atoms with Crippen LogP contribution in [0.25, 0.3) is 0 Å². The SMILES string of the molecule is COc1ccc(C(=O)NCC(=O)OC(C)C(=O)c2ccc(NC(=O)C(C)C)cc2)cc1. The molecule has 2 amide bonds. The molecule has 0 saturated heterocycles. The van der Waals surface area contributed by atoms with Crippen molar-refractivity contribution in [2.75, 3.05) is 19.0 Å². The van der Waals surface area contributed by atoms with E-state index in [2.05, 4.69) is 10.6 Å². The van der Waals surface area contributed by atoms with Crippen LogP contribution in [0.4, 0.5) is 5.69 Å². The van der Waals surface area contributed by atoms with Gasteiger partial charge in [-0.2, -0.15) is 0 Å².